The highest BCUT2D eigenvalue weighted by atomic mass is 16.4. The number of carbonyl (C=O) groups is 3. The zero-order chi connectivity index (χ0) is 17.9. The first-order chi connectivity index (χ1) is 11.2. The number of hydrogen-bond acceptors (Lipinski definition) is 3. The zero-order valence-corrected chi connectivity index (χ0v) is 15.0. The van der Waals surface area contributed by atoms with Crippen LogP contribution in [-0.4, -0.2) is 46.4 Å². The van der Waals surface area contributed by atoms with E-state index in [4.69, 9.17) is 0 Å². The molecule has 2 amide bonds. The molecule has 2 unspecified atom stereocenters. The van der Waals surface area contributed by atoms with Crippen molar-refractivity contribution < 1.29 is 19.5 Å². The van der Waals surface area contributed by atoms with Crippen LogP contribution in [0.1, 0.15) is 65.7 Å². The van der Waals surface area contributed by atoms with Crippen LogP contribution in [0, 0.1) is 11.3 Å². The molecule has 1 aliphatic heterocycles. The maximum atomic E-state index is 12.4. The van der Waals surface area contributed by atoms with Crippen LogP contribution < -0.4 is 5.32 Å². The van der Waals surface area contributed by atoms with Gasteiger partial charge in [0, 0.05) is 19.0 Å². The van der Waals surface area contributed by atoms with Crippen LogP contribution in [-0.2, 0) is 14.4 Å². The lowest BCUT2D eigenvalue weighted by atomic mass is 9.88. The number of nitrogens with zero attached hydrogens (tertiary/aromatic N) is 1. The smallest absolute Gasteiger partial charge is 0.326 e. The second-order valence-electron chi connectivity index (χ2n) is 8.38. The van der Waals surface area contributed by atoms with Crippen LogP contribution in [0.15, 0.2) is 0 Å². The van der Waals surface area contributed by atoms with Gasteiger partial charge in [0.15, 0.2) is 0 Å². The lowest BCUT2D eigenvalue weighted by Crippen LogP contribution is -2.45. The van der Waals surface area contributed by atoms with Gasteiger partial charge >= 0.3 is 5.97 Å². The van der Waals surface area contributed by atoms with Crippen molar-refractivity contribution in [1.82, 2.24) is 10.2 Å². The number of aliphatic carboxylic acids is 1. The average molecular weight is 338 g/mol. The normalized spacial score (nSPS) is 23.5. The molecule has 1 saturated heterocycles. The van der Waals surface area contributed by atoms with Crippen LogP contribution >= 0.6 is 0 Å². The summed E-state index contributed by atoms with van der Waals surface area (Å²) in [7, 11) is 0. The molecule has 1 heterocycles. The molecule has 24 heavy (non-hydrogen) atoms. The lowest BCUT2D eigenvalue weighted by molar-refractivity contribution is -0.142. The maximum Gasteiger partial charge on any atom is 0.326 e. The van der Waals surface area contributed by atoms with Crippen LogP contribution in [0.25, 0.3) is 0 Å². The third-order valence-corrected chi connectivity index (χ3v) is 5.09. The van der Waals surface area contributed by atoms with Crippen LogP contribution in [0.2, 0.25) is 0 Å². The molecular formula is C18H30N2O4. The quantitative estimate of drug-likeness (QED) is 0.777. The minimum absolute atomic E-state index is 0.0149. The number of carboxylic acids is 1. The first kappa shape index (κ1) is 18.7. The van der Waals surface area contributed by atoms with Crippen molar-refractivity contribution in [1.29, 1.82) is 0 Å². The van der Waals surface area contributed by atoms with Crippen molar-refractivity contribution in [2.24, 2.45) is 11.3 Å². The van der Waals surface area contributed by atoms with Gasteiger partial charge in [0.1, 0.15) is 6.04 Å². The van der Waals surface area contributed by atoms with Gasteiger partial charge in [0.25, 0.3) is 0 Å². The summed E-state index contributed by atoms with van der Waals surface area (Å²) < 4.78 is 0. The Morgan fingerprint density at radius 3 is 2.46 bits per heavy atom. The Balaban J connectivity index is 1.90. The molecule has 0 radical (unpaired) electrons. The van der Waals surface area contributed by atoms with Crippen molar-refractivity contribution in [2.45, 2.75) is 77.8 Å². The molecule has 0 aromatic rings. The Morgan fingerprint density at radius 1 is 1.29 bits per heavy atom. The van der Waals surface area contributed by atoms with Crippen LogP contribution in [0.4, 0.5) is 0 Å². The van der Waals surface area contributed by atoms with E-state index in [9.17, 15) is 19.5 Å². The van der Waals surface area contributed by atoms with Crippen molar-refractivity contribution in [3.63, 3.8) is 0 Å². The molecule has 0 aromatic heterocycles. The second-order valence-corrected chi connectivity index (χ2v) is 8.38. The standard InChI is InChI=1S/C18H30N2O4/c1-18(2,3)9-8-14(17(23)24)19-16(22)12-10-15(21)20(11-12)13-6-4-5-7-13/h12-14H,4-11H2,1-3H3,(H,19,22)(H,23,24). The molecule has 136 valence electrons. The highest BCUT2D eigenvalue weighted by Gasteiger charge is 2.39. The van der Waals surface area contributed by atoms with E-state index in [1.54, 1.807) is 0 Å². The monoisotopic (exact) mass is 338 g/mol. The van der Waals surface area contributed by atoms with Gasteiger partial charge < -0.3 is 15.3 Å². The third-order valence-electron chi connectivity index (χ3n) is 5.09. The van der Waals surface area contributed by atoms with Crippen molar-refractivity contribution in [2.75, 3.05) is 6.54 Å². The molecule has 2 rings (SSSR count). The predicted molar refractivity (Wildman–Crippen MR) is 90.3 cm³/mol. The van der Waals surface area contributed by atoms with Gasteiger partial charge in [-0.1, -0.05) is 33.6 Å². The topological polar surface area (TPSA) is 86.7 Å². The van der Waals surface area contributed by atoms with E-state index in [2.05, 4.69) is 5.32 Å². The predicted octanol–water partition coefficient (Wildman–Crippen LogP) is 2.17. The van der Waals surface area contributed by atoms with Gasteiger partial charge in [-0.25, -0.2) is 4.79 Å². The third kappa shape index (κ3) is 4.95. The van der Waals surface area contributed by atoms with Crippen LogP contribution in [0.5, 0.6) is 0 Å². The largest absolute Gasteiger partial charge is 0.480 e. The Hall–Kier alpha value is -1.59. The van der Waals surface area contributed by atoms with Gasteiger partial charge in [-0.15, -0.1) is 0 Å². The van der Waals surface area contributed by atoms with E-state index in [-0.39, 0.29) is 29.7 Å². The molecule has 1 saturated carbocycles. The van der Waals surface area contributed by atoms with Gasteiger partial charge in [-0.3, -0.25) is 9.59 Å². The highest BCUT2D eigenvalue weighted by molar-refractivity contribution is 5.91. The van der Waals surface area contributed by atoms with E-state index >= 15 is 0 Å². The summed E-state index contributed by atoms with van der Waals surface area (Å²) in [5.41, 5.74) is 0.0149. The molecule has 1 aliphatic carbocycles. The fraction of sp³-hybridized carbons (Fsp3) is 0.833. The molecule has 0 aromatic carbocycles. The second kappa shape index (κ2) is 7.53. The Labute approximate surface area is 144 Å². The molecule has 2 atom stereocenters. The number of carbonyl (C=O) groups excluding carboxylic acids is 2. The fourth-order valence-corrected chi connectivity index (χ4v) is 3.60. The molecular weight excluding hydrogens is 308 g/mol. The molecule has 0 spiro atoms. The van der Waals surface area contributed by atoms with E-state index in [1.165, 1.54) is 0 Å². The van der Waals surface area contributed by atoms with Crippen molar-refractivity contribution in [3.8, 4) is 0 Å². The van der Waals surface area contributed by atoms with Gasteiger partial charge in [0.2, 0.25) is 11.8 Å². The average Bonchev–Trinajstić information content (AvgIpc) is 3.10. The summed E-state index contributed by atoms with van der Waals surface area (Å²) >= 11 is 0. The SMILES string of the molecule is CC(C)(C)CCC(NC(=O)C1CC(=O)N(C2CCCC2)C1)C(=O)O. The number of amides is 2. The number of likely N-dealkylation sites (tertiary alicyclic amines) is 1. The summed E-state index contributed by atoms with van der Waals surface area (Å²) in [6.07, 6.45) is 5.62. The summed E-state index contributed by atoms with van der Waals surface area (Å²) in [5.74, 6) is -1.70. The molecule has 2 fully saturated rings. The molecule has 2 aliphatic rings. The Kier molecular flexibility index (Phi) is 5.88. The van der Waals surface area contributed by atoms with Gasteiger partial charge in [-0.2, -0.15) is 0 Å². The first-order valence-corrected chi connectivity index (χ1v) is 9.00. The summed E-state index contributed by atoms with van der Waals surface area (Å²) in [6, 6.07) is -0.612. The number of rotatable bonds is 6. The van der Waals surface area contributed by atoms with E-state index in [0.717, 1.165) is 25.7 Å². The molecule has 6 heteroatoms. The number of carboxylic acid groups (broad SMARTS) is 1. The van der Waals surface area contributed by atoms with E-state index in [1.807, 2.05) is 25.7 Å². The van der Waals surface area contributed by atoms with Crippen molar-refractivity contribution in [3.05, 3.63) is 0 Å². The van der Waals surface area contributed by atoms with E-state index in [0.29, 0.717) is 19.4 Å². The van der Waals surface area contributed by atoms with E-state index < -0.39 is 17.9 Å². The van der Waals surface area contributed by atoms with Gasteiger partial charge in [-0.05, 0) is 31.1 Å². The molecule has 0 bridgehead atoms. The summed E-state index contributed by atoms with van der Waals surface area (Å²) in [5, 5.41) is 12.0. The Bertz CT molecular complexity index is 492. The minimum Gasteiger partial charge on any atom is -0.480 e. The first-order valence-electron chi connectivity index (χ1n) is 9.00. The Morgan fingerprint density at radius 2 is 1.92 bits per heavy atom. The molecule has 2 N–H and O–H groups in total. The summed E-state index contributed by atoms with van der Waals surface area (Å²) in [6.45, 7) is 6.56. The lowest BCUT2D eigenvalue weighted by Gasteiger charge is -2.24. The zero-order valence-electron chi connectivity index (χ0n) is 15.0. The fourth-order valence-electron chi connectivity index (χ4n) is 3.60. The maximum absolute atomic E-state index is 12.4. The van der Waals surface area contributed by atoms with Gasteiger partial charge in [0.05, 0.1) is 5.92 Å². The minimum atomic E-state index is -1.01. The number of hydrogen-bond donors (Lipinski definition) is 2. The molecule has 6 nitrogen and oxygen atoms in total. The van der Waals surface area contributed by atoms with Crippen molar-refractivity contribution >= 4 is 17.8 Å². The number of nitrogens with one attached hydrogen (secondary N) is 1. The van der Waals surface area contributed by atoms with Crippen LogP contribution in [0.3, 0.4) is 0 Å². The summed E-state index contributed by atoms with van der Waals surface area (Å²) in [4.78, 5) is 37.9. The highest BCUT2D eigenvalue weighted by Crippen LogP contribution is 2.29.